The van der Waals surface area contributed by atoms with Gasteiger partial charge in [0.05, 0.1) is 0 Å². The fraction of sp³-hybridized carbons (Fsp3) is 0.833. The van der Waals surface area contributed by atoms with Gasteiger partial charge in [0.2, 0.25) is 0 Å². The molecule has 0 bridgehead atoms. The molecule has 0 aromatic rings. The zero-order valence-electron chi connectivity index (χ0n) is 11.8. The molecule has 0 saturated heterocycles. The van der Waals surface area contributed by atoms with Gasteiger partial charge in [-0.05, 0) is 11.0 Å². The standard InChI is InChI=1S/C12H24F2Si2/c1-11(2,3)16(7,8)10-9-12(13,14)15(4,5)6/h1-8H3. The number of hydrogen-bond acceptors (Lipinski definition) is 0. The second-order valence-electron chi connectivity index (χ2n) is 6.95. The van der Waals surface area contributed by atoms with E-state index in [0.717, 1.165) is 0 Å². The first-order chi connectivity index (χ1) is 6.71. The van der Waals surface area contributed by atoms with Crippen molar-refractivity contribution in [2.75, 3.05) is 0 Å². The van der Waals surface area contributed by atoms with Crippen LogP contribution >= 0.6 is 0 Å². The second-order valence-corrected chi connectivity index (χ2v) is 17.1. The fourth-order valence-electron chi connectivity index (χ4n) is 0.610. The number of hydrogen-bond donors (Lipinski definition) is 0. The molecular formula is C12H24F2Si2. The highest BCUT2D eigenvalue weighted by Crippen LogP contribution is 2.36. The average molecular weight is 262 g/mol. The first-order valence-electron chi connectivity index (χ1n) is 5.63. The molecule has 0 aromatic heterocycles. The van der Waals surface area contributed by atoms with E-state index in [0.29, 0.717) is 0 Å². The molecule has 0 amide bonds. The van der Waals surface area contributed by atoms with Crippen LogP contribution in [0.5, 0.6) is 0 Å². The van der Waals surface area contributed by atoms with Crippen LogP contribution in [0.15, 0.2) is 0 Å². The van der Waals surface area contributed by atoms with Gasteiger partial charge < -0.3 is 0 Å². The molecule has 0 radical (unpaired) electrons. The van der Waals surface area contributed by atoms with Crippen molar-refractivity contribution in [2.45, 2.75) is 64.1 Å². The Morgan fingerprint density at radius 2 is 1.25 bits per heavy atom. The van der Waals surface area contributed by atoms with E-state index >= 15 is 0 Å². The summed E-state index contributed by atoms with van der Waals surface area (Å²) < 4.78 is 27.5. The van der Waals surface area contributed by atoms with Crippen molar-refractivity contribution in [3.05, 3.63) is 0 Å². The van der Waals surface area contributed by atoms with Crippen LogP contribution in [-0.2, 0) is 0 Å². The third-order valence-electron chi connectivity index (χ3n) is 3.35. The molecule has 0 aromatic carbocycles. The molecule has 94 valence electrons. The Kier molecular flexibility index (Phi) is 4.23. The van der Waals surface area contributed by atoms with E-state index in [4.69, 9.17) is 0 Å². The van der Waals surface area contributed by atoms with Crippen LogP contribution in [0, 0.1) is 11.5 Å². The van der Waals surface area contributed by atoms with E-state index in [-0.39, 0.29) is 5.04 Å². The van der Waals surface area contributed by atoms with E-state index < -0.39 is 21.7 Å². The molecule has 0 aliphatic heterocycles. The van der Waals surface area contributed by atoms with Crippen LogP contribution in [0.2, 0.25) is 37.8 Å². The molecule has 16 heavy (non-hydrogen) atoms. The van der Waals surface area contributed by atoms with Gasteiger partial charge in [-0.25, -0.2) is 0 Å². The smallest absolute Gasteiger partial charge is 0.198 e. The maximum atomic E-state index is 13.8. The molecule has 0 fully saturated rings. The van der Waals surface area contributed by atoms with E-state index in [1.54, 1.807) is 19.6 Å². The lowest BCUT2D eigenvalue weighted by Gasteiger charge is -2.32. The Morgan fingerprint density at radius 1 is 0.875 bits per heavy atom. The predicted octanol–water partition coefficient (Wildman–Crippen LogP) is 4.55. The zero-order valence-corrected chi connectivity index (χ0v) is 13.8. The van der Waals surface area contributed by atoms with Crippen LogP contribution in [0.3, 0.4) is 0 Å². The van der Waals surface area contributed by atoms with Crippen molar-refractivity contribution in [3.63, 3.8) is 0 Å². The van der Waals surface area contributed by atoms with Crippen LogP contribution in [0.4, 0.5) is 8.78 Å². The monoisotopic (exact) mass is 262 g/mol. The summed E-state index contributed by atoms with van der Waals surface area (Å²) in [7, 11) is -4.44. The first-order valence-corrected chi connectivity index (χ1v) is 12.1. The van der Waals surface area contributed by atoms with Crippen LogP contribution < -0.4 is 0 Å². The SMILES string of the molecule is CC(C)(C)[Si](C)(C)C#CC(F)(F)[Si](C)(C)C. The summed E-state index contributed by atoms with van der Waals surface area (Å²) in [6.07, 6.45) is 0. The van der Waals surface area contributed by atoms with Gasteiger partial charge in [0.25, 0.3) is 5.55 Å². The largest absolute Gasteiger partial charge is 0.285 e. The van der Waals surface area contributed by atoms with Gasteiger partial charge in [-0.15, -0.1) is 5.54 Å². The maximum Gasteiger partial charge on any atom is 0.285 e. The van der Waals surface area contributed by atoms with Gasteiger partial charge in [-0.3, -0.25) is 0 Å². The number of alkyl halides is 2. The Balaban J connectivity index is 5.17. The highest BCUT2D eigenvalue weighted by molar-refractivity contribution is 6.87. The van der Waals surface area contributed by atoms with Gasteiger partial charge in [0, 0.05) is 0 Å². The van der Waals surface area contributed by atoms with Crippen molar-refractivity contribution < 1.29 is 8.78 Å². The maximum absolute atomic E-state index is 13.8. The number of halogens is 2. The Labute approximate surface area is 101 Å². The third kappa shape index (κ3) is 3.71. The lowest BCUT2D eigenvalue weighted by atomic mass is 10.2. The fourth-order valence-corrected chi connectivity index (χ4v) is 2.02. The summed E-state index contributed by atoms with van der Waals surface area (Å²) in [5, 5.41) is 0.0372. The van der Waals surface area contributed by atoms with Crippen molar-refractivity contribution in [1.29, 1.82) is 0 Å². The molecule has 0 N–H and O–H groups in total. The Morgan fingerprint density at radius 3 is 1.50 bits per heavy atom. The van der Waals surface area contributed by atoms with Crippen molar-refractivity contribution >= 4 is 16.1 Å². The minimum atomic E-state index is -2.78. The summed E-state index contributed by atoms with van der Waals surface area (Å²) in [5.41, 5.74) is 0.144. The number of rotatable bonds is 1. The zero-order chi connectivity index (χ0) is 13.4. The summed E-state index contributed by atoms with van der Waals surface area (Å²) in [6, 6.07) is 0. The minimum absolute atomic E-state index is 0.0372. The van der Waals surface area contributed by atoms with Gasteiger partial charge >= 0.3 is 0 Å². The molecule has 0 nitrogen and oxygen atoms in total. The van der Waals surface area contributed by atoms with Gasteiger partial charge in [-0.1, -0.05) is 53.5 Å². The lowest BCUT2D eigenvalue weighted by Crippen LogP contribution is -2.45. The van der Waals surface area contributed by atoms with Gasteiger partial charge in [0.15, 0.2) is 0 Å². The van der Waals surface area contributed by atoms with Crippen molar-refractivity contribution in [1.82, 2.24) is 0 Å². The molecular weight excluding hydrogens is 238 g/mol. The summed E-state index contributed by atoms with van der Waals surface area (Å²) in [6.45, 7) is 15.3. The van der Waals surface area contributed by atoms with Gasteiger partial charge in [-0.2, -0.15) is 8.78 Å². The molecule has 0 aliphatic rings. The van der Waals surface area contributed by atoms with Crippen LogP contribution in [0.25, 0.3) is 0 Å². The second kappa shape index (κ2) is 4.27. The highest BCUT2D eigenvalue weighted by Gasteiger charge is 2.44. The molecule has 0 atom stereocenters. The van der Waals surface area contributed by atoms with Crippen LogP contribution in [-0.4, -0.2) is 21.7 Å². The molecule has 0 aliphatic carbocycles. The normalized spacial score (nSPS) is 14.4. The molecule has 4 heteroatoms. The first kappa shape index (κ1) is 15.9. The molecule has 0 unspecified atom stereocenters. The van der Waals surface area contributed by atoms with E-state index in [9.17, 15) is 8.78 Å². The molecule has 0 heterocycles. The highest BCUT2D eigenvalue weighted by atomic mass is 28.3. The van der Waals surface area contributed by atoms with Crippen LogP contribution in [0.1, 0.15) is 20.8 Å². The van der Waals surface area contributed by atoms with Gasteiger partial charge in [0.1, 0.15) is 16.1 Å². The van der Waals surface area contributed by atoms with Crippen molar-refractivity contribution in [3.8, 4) is 11.5 Å². The van der Waals surface area contributed by atoms with Crippen molar-refractivity contribution in [2.24, 2.45) is 0 Å². The molecule has 0 spiro atoms. The molecule has 0 rings (SSSR count). The van der Waals surface area contributed by atoms with E-state index in [1.807, 2.05) is 0 Å². The van der Waals surface area contributed by atoms with E-state index in [2.05, 4.69) is 45.3 Å². The Bertz CT molecular complexity index is 279. The minimum Gasteiger partial charge on any atom is -0.198 e. The summed E-state index contributed by atoms with van der Waals surface area (Å²) in [5.74, 6) is 2.29. The summed E-state index contributed by atoms with van der Waals surface area (Å²) >= 11 is 0. The van der Waals surface area contributed by atoms with E-state index in [1.165, 1.54) is 0 Å². The predicted molar refractivity (Wildman–Crippen MR) is 73.3 cm³/mol. The Hall–Kier alpha value is -0.146. The quantitative estimate of drug-likeness (QED) is 0.480. The molecule has 0 saturated carbocycles. The topological polar surface area (TPSA) is 0 Å². The lowest BCUT2D eigenvalue weighted by molar-refractivity contribution is 0.149. The third-order valence-corrected chi connectivity index (χ3v) is 9.86. The average Bonchev–Trinajstić information content (AvgIpc) is 1.97. The summed E-state index contributed by atoms with van der Waals surface area (Å²) in [4.78, 5) is 0.